The van der Waals surface area contributed by atoms with Crippen molar-refractivity contribution in [3.63, 3.8) is 0 Å². The van der Waals surface area contributed by atoms with Crippen LogP contribution in [-0.4, -0.2) is 17.0 Å². The first-order valence-corrected chi connectivity index (χ1v) is 11.7. The van der Waals surface area contributed by atoms with Crippen LogP contribution in [0, 0.1) is 12.7 Å². The quantitative estimate of drug-likeness (QED) is 0.370. The van der Waals surface area contributed by atoms with E-state index in [1.807, 2.05) is 13.1 Å². The molecule has 4 nitrogen and oxygen atoms in total. The fraction of sp³-hybridized carbons (Fsp3) is 0.357. The fourth-order valence-corrected chi connectivity index (χ4v) is 4.81. The predicted octanol–water partition coefficient (Wildman–Crippen LogP) is 7.55. The molecule has 1 aromatic heterocycles. The Bertz CT molecular complexity index is 1360. The van der Waals surface area contributed by atoms with Crippen LogP contribution in [0.2, 0.25) is 0 Å². The largest absolute Gasteiger partial charge is 0.363 e. The van der Waals surface area contributed by atoms with Gasteiger partial charge in [0.1, 0.15) is 17.5 Å². The van der Waals surface area contributed by atoms with Crippen molar-refractivity contribution in [2.75, 3.05) is 17.3 Å². The number of hydrogen-bond acceptors (Lipinski definition) is 4. The number of rotatable bonds is 6. The zero-order chi connectivity index (χ0) is 25.9. The van der Waals surface area contributed by atoms with E-state index in [9.17, 15) is 8.78 Å². The third-order valence-electron chi connectivity index (χ3n) is 7.35. The van der Waals surface area contributed by atoms with E-state index in [-0.39, 0.29) is 11.0 Å². The van der Waals surface area contributed by atoms with Gasteiger partial charge in [-0.25, -0.2) is 14.4 Å². The average molecular weight is 481 g/mol. The van der Waals surface area contributed by atoms with Gasteiger partial charge in [0.2, 0.25) is 0 Å². The number of likely N-dealkylation sites (N-methyl/N-ethyl adjacent to an activating group) is 1. The highest BCUT2D eigenvalue weighted by Gasteiger charge is 2.40. The van der Waals surface area contributed by atoms with Gasteiger partial charge in [0.15, 0.2) is 0 Å². The summed E-state index contributed by atoms with van der Waals surface area (Å²) in [5, 5.41) is 4.01. The number of nitrogens with zero attached hydrogens (tertiary/aromatic N) is 3. The molecule has 0 bridgehead atoms. The fourth-order valence-electron chi connectivity index (χ4n) is 4.81. The van der Waals surface area contributed by atoms with Gasteiger partial charge >= 0.3 is 0 Å². The van der Waals surface area contributed by atoms with E-state index in [0.29, 0.717) is 11.6 Å². The van der Waals surface area contributed by atoms with E-state index in [4.69, 9.17) is 0 Å². The van der Waals surface area contributed by atoms with Gasteiger partial charge in [0.05, 0.1) is 17.1 Å². The van der Waals surface area contributed by atoms with Crippen LogP contribution in [0.15, 0.2) is 54.8 Å². The molecule has 0 fully saturated rings. The number of aromatic nitrogens is 2. The first-order valence-electron chi connectivity index (χ1n) is 11.7. The molecular formula is C28H31F3N4. The lowest BCUT2D eigenvalue weighted by Gasteiger charge is -2.26. The lowest BCUT2D eigenvalue weighted by Crippen LogP contribution is -2.24. The van der Waals surface area contributed by atoms with Crippen molar-refractivity contribution in [2.24, 2.45) is 0 Å². The van der Waals surface area contributed by atoms with Crippen molar-refractivity contribution < 1.29 is 13.2 Å². The number of halogens is 3. The summed E-state index contributed by atoms with van der Waals surface area (Å²) in [6.45, 7) is 16.7. The van der Waals surface area contributed by atoms with Crippen molar-refractivity contribution in [2.45, 2.75) is 58.4 Å². The van der Waals surface area contributed by atoms with Gasteiger partial charge in [0.25, 0.3) is 5.92 Å². The number of benzene rings is 2. The summed E-state index contributed by atoms with van der Waals surface area (Å²) in [5.74, 6) is -3.34. The minimum atomic E-state index is -3.46. The Balaban J connectivity index is 1.80. The molecule has 2 heterocycles. The van der Waals surface area contributed by atoms with Crippen LogP contribution < -0.4 is 10.2 Å². The molecule has 2 atom stereocenters. The van der Waals surface area contributed by atoms with Crippen molar-refractivity contribution >= 4 is 22.4 Å². The molecule has 0 unspecified atom stereocenters. The van der Waals surface area contributed by atoms with Crippen LogP contribution in [0.1, 0.15) is 62.7 Å². The first-order chi connectivity index (χ1) is 16.3. The normalized spacial score (nSPS) is 18.7. The van der Waals surface area contributed by atoms with Gasteiger partial charge < -0.3 is 10.2 Å². The molecule has 0 saturated heterocycles. The number of aryl methyl sites for hydroxylation is 1. The van der Waals surface area contributed by atoms with Gasteiger partial charge in [-0.3, -0.25) is 0 Å². The van der Waals surface area contributed by atoms with E-state index in [1.54, 1.807) is 13.8 Å². The topological polar surface area (TPSA) is 41.1 Å². The molecule has 1 aliphatic heterocycles. The number of alkyl halides is 2. The lowest BCUT2D eigenvalue weighted by molar-refractivity contribution is 0.0344. The highest BCUT2D eigenvalue weighted by atomic mass is 19.3. The molecule has 1 aliphatic rings. The molecule has 2 aromatic carbocycles. The molecule has 0 amide bonds. The van der Waals surface area contributed by atoms with Crippen LogP contribution in [0.4, 0.5) is 24.7 Å². The summed E-state index contributed by atoms with van der Waals surface area (Å²) in [4.78, 5) is 11.3. The molecule has 3 aromatic rings. The molecule has 0 spiro atoms. The van der Waals surface area contributed by atoms with Gasteiger partial charge in [0, 0.05) is 34.8 Å². The Hall–Kier alpha value is -3.35. The number of anilines is 2. The van der Waals surface area contributed by atoms with E-state index in [1.165, 1.54) is 19.1 Å². The standard InChI is InChI=1S/C28H31F3N4/c1-9-27(7)17(5)35(8)24-13-20-23(14-22(24)27)33-18(6)34-26(20)32-16(4)19-11-10-12-21(25(19)29)28(30,31)15(2)3/h10-14,16H,2,5,9H2,1,3-4,6-8H3,(H,32,33,34)/t16-,27-/m1/s1. The Morgan fingerprint density at radius 1 is 1.26 bits per heavy atom. The van der Waals surface area contributed by atoms with Crippen molar-refractivity contribution in [1.29, 1.82) is 0 Å². The summed E-state index contributed by atoms with van der Waals surface area (Å²) in [6.07, 6.45) is 0.894. The highest BCUT2D eigenvalue weighted by Crippen LogP contribution is 2.50. The van der Waals surface area contributed by atoms with Crippen LogP contribution in [-0.2, 0) is 11.3 Å². The minimum absolute atomic E-state index is 0.123. The van der Waals surface area contributed by atoms with Crippen LogP contribution >= 0.6 is 0 Å². The van der Waals surface area contributed by atoms with Crippen LogP contribution in [0.3, 0.4) is 0 Å². The second-order valence-corrected chi connectivity index (χ2v) is 9.63. The van der Waals surface area contributed by atoms with Gasteiger partial charge in [-0.15, -0.1) is 0 Å². The lowest BCUT2D eigenvalue weighted by atomic mass is 9.79. The smallest absolute Gasteiger partial charge is 0.296 e. The third-order valence-corrected chi connectivity index (χ3v) is 7.35. The summed E-state index contributed by atoms with van der Waals surface area (Å²) in [7, 11) is 1.99. The molecule has 1 N–H and O–H groups in total. The SMILES string of the molecule is C=C(C)C(F)(F)c1cccc([C@@H](C)Nc2nc(C)nc3cc4c(cc23)N(C)C(=C)[C@@]4(C)CC)c1F. The molecule has 0 aliphatic carbocycles. The Labute approximate surface area is 204 Å². The Morgan fingerprint density at radius 2 is 1.94 bits per heavy atom. The number of allylic oxidation sites excluding steroid dienone is 2. The van der Waals surface area contributed by atoms with Gasteiger partial charge in [-0.05, 0) is 63.5 Å². The predicted molar refractivity (Wildman–Crippen MR) is 137 cm³/mol. The molecule has 184 valence electrons. The molecule has 4 rings (SSSR count). The van der Waals surface area contributed by atoms with Gasteiger partial charge in [-0.1, -0.05) is 32.2 Å². The average Bonchev–Trinajstić information content (AvgIpc) is 2.98. The zero-order valence-corrected chi connectivity index (χ0v) is 21.1. The number of fused-ring (bicyclic) bond motifs is 2. The monoisotopic (exact) mass is 480 g/mol. The molecule has 7 heteroatoms. The Morgan fingerprint density at radius 3 is 2.57 bits per heavy atom. The summed E-state index contributed by atoms with van der Waals surface area (Å²) in [5.41, 5.74) is 2.77. The van der Waals surface area contributed by atoms with E-state index >= 15 is 4.39 Å². The number of nitrogens with one attached hydrogen (secondary N) is 1. The maximum absolute atomic E-state index is 15.3. The second-order valence-electron chi connectivity index (χ2n) is 9.63. The molecule has 0 radical (unpaired) electrons. The zero-order valence-electron chi connectivity index (χ0n) is 21.1. The molecular weight excluding hydrogens is 449 g/mol. The highest BCUT2D eigenvalue weighted by molar-refractivity contribution is 5.95. The van der Waals surface area contributed by atoms with E-state index in [2.05, 4.69) is 53.3 Å². The number of hydrogen-bond donors (Lipinski definition) is 1. The summed E-state index contributed by atoms with van der Waals surface area (Å²) in [6, 6.07) is 7.50. The second kappa shape index (κ2) is 8.40. The van der Waals surface area contributed by atoms with Gasteiger partial charge in [-0.2, -0.15) is 8.78 Å². The summed E-state index contributed by atoms with van der Waals surface area (Å²) >= 11 is 0. The van der Waals surface area contributed by atoms with E-state index < -0.39 is 28.9 Å². The van der Waals surface area contributed by atoms with Crippen molar-refractivity contribution in [1.82, 2.24) is 9.97 Å². The first kappa shape index (κ1) is 24.8. The molecule has 35 heavy (non-hydrogen) atoms. The maximum atomic E-state index is 15.3. The molecule has 0 saturated carbocycles. The third kappa shape index (κ3) is 3.77. The Kier molecular flexibility index (Phi) is 5.94. The van der Waals surface area contributed by atoms with Crippen LogP contribution in [0.25, 0.3) is 10.9 Å². The van der Waals surface area contributed by atoms with Crippen molar-refractivity contribution in [3.8, 4) is 0 Å². The van der Waals surface area contributed by atoms with Crippen LogP contribution in [0.5, 0.6) is 0 Å². The van der Waals surface area contributed by atoms with Crippen molar-refractivity contribution in [3.05, 3.63) is 83.1 Å². The summed E-state index contributed by atoms with van der Waals surface area (Å²) < 4.78 is 44.4. The maximum Gasteiger partial charge on any atom is 0.296 e. The minimum Gasteiger partial charge on any atom is -0.363 e. The van der Waals surface area contributed by atoms with E-state index in [0.717, 1.165) is 40.3 Å².